The molecule has 5 heteroatoms. The zero-order valence-corrected chi connectivity index (χ0v) is 10.2. The molecule has 0 spiro atoms. The Labute approximate surface area is 106 Å². The maximum absolute atomic E-state index is 11.7. The Balaban J connectivity index is 1.74. The number of carboxylic acid groups (broad SMARTS) is 1. The van der Waals surface area contributed by atoms with Crippen LogP contribution >= 0.6 is 0 Å². The van der Waals surface area contributed by atoms with Crippen molar-refractivity contribution in [3.05, 3.63) is 24.0 Å². The minimum absolute atomic E-state index is 0.00350. The highest BCUT2D eigenvalue weighted by Gasteiger charge is 2.26. The van der Waals surface area contributed by atoms with Gasteiger partial charge in [-0.2, -0.15) is 0 Å². The van der Waals surface area contributed by atoms with E-state index in [9.17, 15) is 9.59 Å². The predicted octanol–water partition coefficient (Wildman–Crippen LogP) is 1.32. The molecule has 1 aromatic heterocycles. The van der Waals surface area contributed by atoms with E-state index in [4.69, 9.17) is 5.11 Å². The summed E-state index contributed by atoms with van der Waals surface area (Å²) in [7, 11) is 0. The normalized spacial score (nSPS) is 23.6. The second-order valence-electron chi connectivity index (χ2n) is 4.83. The third-order valence-corrected chi connectivity index (χ3v) is 3.45. The first-order chi connectivity index (χ1) is 8.65. The summed E-state index contributed by atoms with van der Waals surface area (Å²) in [5, 5.41) is 11.9. The molecule has 98 valence electrons. The molecule has 1 amide bonds. The van der Waals surface area contributed by atoms with Crippen LogP contribution in [0.1, 0.15) is 31.4 Å². The van der Waals surface area contributed by atoms with Gasteiger partial charge in [-0.25, -0.2) is 0 Å². The predicted molar refractivity (Wildman–Crippen MR) is 66.0 cm³/mol. The number of hydrogen-bond acceptors (Lipinski definition) is 2. The molecule has 1 heterocycles. The molecule has 2 rings (SSSR count). The first-order valence-electron chi connectivity index (χ1n) is 6.29. The molecule has 1 aliphatic rings. The van der Waals surface area contributed by atoms with Crippen LogP contribution < -0.4 is 5.32 Å². The van der Waals surface area contributed by atoms with E-state index in [1.165, 1.54) is 0 Å². The number of amides is 1. The van der Waals surface area contributed by atoms with Crippen molar-refractivity contribution >= 4 is 11.9 Å². The quantitative estimate of drug-likeness (QED) is 0.753. The molecule has 0 atom stereocenters. The Morgan fingerprint density at radius 3 is 2.61 bits per heavy atom. The van der Waals surface area contributed by atoms with Gasteiger partial charge in [0, 0.05) is 17.9 Å². The van der Waals surface area contributed by atoms with Crippen molar-refractivity contribution in [2.24, 2.45) is 5.92 Å². The van der Waals surface area contributed by atoms with Crippen molar-refractivity contribution in [1.29, 1.82) is 0 Å². The lowest BCUT2D eigenvalue weighted by atomic mass is 9.86. The fourth-order valence-corrected chi connectivity index (χ4v) is 2.41. The van der Waals surface area contributed by atoms with Gasteiger partial charge in [-0.15, -0.1) is 0 Å². The highest BCUT2D eigenvalue weighted by Crippen LogP contribution is 2.24. The number of aromatic nitrogens is 1. The second kappa shape index (κ2) is 5.71. The zero-order valence-electron chi connectivity index (χ0n) is 10.2. The average Bonchev–Trinajstić information content (AvgIpc) is 2.82. The van der Waals surface area contributed by atoms with Crippen molar-refractivity contribution in [3.63, 3.8) is 0 Å². The number of carbonyl (C=O) groups excluding carboxylic acids is 1. The molecule has 0 bridgehead atoms. The van der Waals surface area contributed by atoms with Crippen LogP contribution in [0.15, 0.2) is 18.3 Å². The highest BCUT2D eigenvalue weighted by atomic mass is 16.4. The van der Waals surface area contributed by atoms with Gasteiger partial charge in [0.25, 0.3) is 0 Å². The van der Waals surface area contributed by atoms with Gasteiger partial charge < -0.3 is 15.4 Å². The minimum Gasteiger partial charge on any atom is -0.481 e. The van der Waals surface area contributed by atoms with E-state index in [0.29, 0.717) is 19.3 Å². The van der Waals surface area contributed by atoms with E-state index in [1.54, 1.807) is 6.20 Å². The number of aromatic amines is 1. The van der Waals surface area contributed by atoms with Crippen LogP contribution in [0.3, 0.4) is 0 Å². The topological polar surface area (TPSA) is 82.2 Å². The first-order valence-corrected chi connectivity index (χ1v) is 6.29. The van der Waals surface area contributed by atoms with E-state index in [0.717, 1.165) is 18.5 Å². The van der Waals surface area contributed by atoms with Crippen LogP contribution in [-0.4, -0.2) is 28.0 Å². The van der Waals surface area contributed by atoms with Gasteiger partial charge in [-0.1, -0.05) is 0 Å². The number of carboxylic acids is 1. The van der Waals surface area contributed by atoms with Crippen molar-refractivity contribution in [2.75, 3.05) is 0 Å². The molecule has 0 radical (unpaired) electrons. The van der Waals surface area contributed by atoms with Crippen LogP contribution in [0.2, 0.25) is 0 Å². The van der Waals surface area contributed by atoms with E-state index >= 15 is 0 Å². The van der Waals surface area contributed by atoms with Crippen molar-refractivity contribution in [3.8, 4) is 0 Å². The van der Waals surface area contributed by atoms with Gasteiger partial charge >= 0.3 is 5.97 Å². The summed E-state index contributed by atoms with van der Waals surface area (Å²) < 4.78 is 0. The van der Waals surface area contributed by atoms with Crippen LogP contribution in [0.4, 0.5) is 0 Å². The van der Waals surface area contributed by atoms with Crippen LogP contribution in [-0.2, 0) is 16.0 Å². The number of carbonyl (C=O) groups is 2. The lowest BCUT2D eigenvalue weighted by molar-refractivity contribution is -0.142. The summed E-state index contributed by atoms with van der Waals surface area (Å²) >= 11 is 0. The van der Waals surface area contributed by atoms with Gasteiger partial charge in [0.15, 0.2) is 0 Å². The molecule has 1 aliphatic carbocycles. The number of H-pyrrole nitrogens is 1. The van der Waals surface area contributed by atoms with Crippen LogP contribution in [0.25, 0.3) is 0 Å². The lowest BCUT2D eigenvalue weighted by Gasteiger charge is -2.26. The maximum Gasteiger partial charge on any atom is 0.306 e. The molecular formula is C13H18N2O3. The van der Waals surface area contributed by atoms with Crippen molar-refractivity contribution < 1.29 is 14.7 Å². The van der Waals surface area contributed by atoms with Gasteiger partial charge in [-0.3, -0.25) is 9.59 Å². The summed E-state index contributed by atoms with van der Waals surface area (Å²) in [5.74, 6) is -0.955. The van der Waals surface area contributed by atoms with E-state index in [-0.39, 0.29) is 17.9 Å². The number of nitrogens with one attached hydrogen (secondary N) is 2. The van der Waals surface area contributed by atoms with Gasteiger partial charge in [0.1, 0.15) is 0 Å². The summed E-state index contributed by atoms with van der Waals surface area (Å²) in [5.41, 5.74) is 0.895. The smallest absolute Gasteiger partial charge is 0.306 e. The number of rotatable bonds is 4. The number of hydrogen-bond donors (Lipinski definition) is 3. The summed E-state index contributed by atoms with van der Waals surface area (Å²) in [4.78, 5) is 25.5. The molecule has 0 unspecified atom stereocenters. The molecule has 5 nitrogen and oxygen atoms in total. The van der Waals surface area contributed by atoms with E-state index < -0.39 is 5.97 Å². The minimum atomic E-state index is -0.717. The molecule has 0 saturated heterocycles. The SMILES string of the molecule is O=C(Cc1ccc[nH]1)NC1CCC(C(=O)O)CC1. The van der Waals surface area contributed by atoms with Crippen molar-refractivity contribution in [2.45, 2.75) is 38.1 Å². The fraction of sp³-hybridized carbons (Fsp3) is 0.538. The largest absolute Gasteiger partial charge is 0.481 e. The fourth-order valence-electron chi connectivity index (χ4n) is 2.41. The lowest BCUT2D eigenvalue weighted by Crippen LogP contribution is -2.39. The van der Waals surface area contributed by atoms with Crippen LogP contribution in [0.5, 0.6) is 0 Å². The molecule has 1 saturated carbocycles. The molecule has 3 N–H and O–H groups in total. The Kier molecular flexibility index (Phi) is 4.02. The zero-order chi connectivity index (χ0) is 13.0. The molecule has 1 aromatic rings. The molecule has 0 aromatic carbocycles. The maximum atomic E-state index is 11.7. The van der Waals surface area contributed by atoms with E-state index in [2.05, 4.69) is 10.3 Å². The second-order valence-corrected chi connectivity index (χ2v) is 4.83. The van der Waals surface area contributed by atoms with Gasteiger partial charge in [0.2, 0.25) is 5.91 Å². The Morgan fingerprint density at radius 1 is 1.33 bits per heavy atom. The standard InChI is InChI=1S/C13H18N2O3/c16-12(8-11-2-1-7-14-11)15-10-5-3-9(4-6-10)13(17)18/h1-2,7,9-10,14H,3-6,8H2,(H,15,16)(H,17,18). The average molecular weight is 250 g/mol. The first kappa shape index (κ1) is 12.7. The molecule has 1 fully saturated rings. The summed E-state index contributed by atoms with van der Waals surface area (Å²) in [6.45, 7) is 0. The Bertz CT molecular complexity index is 406. The van der Waals surface area contributed by atoms with Crippen LogP contribution in [0, 0.1) is 5.92 Å². The molecule has 18 heavy (non-hydrogen) atoms. The summed E-state index contributed by atoms with van der Waals surface area (Å²) in [6.07, 6.45) is 4.97. The number of aliphatic carboxylic acids is 1. The third-order valence-electron chi connectivity index (χ3n) is 3.45. The van der Waals surface area contributed by atoms with Crippen molar-refractivity contribution in [1.82, 2.24) is 10.3 Å². The Hall–Kier alpha value is -1.78. The third kappa shape index (κ3) is 3.35. The highest BCUT2D eigenvalue weighted by molar-refractivity contribution is 5.78. The van der Waals surface area contributed by atoms with E-state index in [1.807, 2.05) is 12.1 Å². The summed E-state index contributed by atoms with van der Waals surface area (Å²) in [6, 6.07) is 3.87. The monoisotopic (exact) mass is 250 g/mol. The Morgan fingerprint density at radius 2 is 2.06 bits per heavy atom. The molecule has 0 aliphatic heterocycles. The van der Waals surface area contributed by atoms with Gasteiger partial charge in [0.05, 0.1) is 12.3 Å². The molecular weight excluding hydrogens is 232 g/mol. The van der Waals surface area contributed by atoms with Gasteiger partial charge in [-0.05, 0) is 37.8 Å².